The zero-order valence-electron chi connectivity index (χ0n) is 13.6. The number of benzene rings is 1. The maximum absolute atomic E-state index is 11.9. The van der Waals surface area contributed by atoms with Crippen LogP contribution in [0.5, 0.6) is 5.75 Å². The number of para-hydroxylation sites is 1. The lowest BCUT2D eigenvalue weighted by atomic mass is 10.2. The highest BCUT2D eigenvalue weighted by molar-refractivity contribution is 6.32. The third kappa shape index (κ3) is 6.60. The molecular formula is C16H20ClN3O5. The lowest BCUT2D eigenvalue weighted by molar-refractivity contribution is -0.137. The molecule has 2 N–H and O–H groups in total. The summed E-state index contributed by atoms with van der Waals surface area (Å²) < 4.78 is 10.4. The number of hydrogen-bond donors (Lipinski definition) is 2. The van der Waals surface area contributed by atoms with Crippen LogP contribution in [0.25, 0.3) is 0 Å². The smallest absolute Gasteiger partial charge is 0.276 e. The predicted molar refractivity (Wildman–Crippen MR) is 89.9 cm³/mol. The van der Waals surface area contributed by atoms with Gasteiger partial charge in [-0.25, -0.2) is 0 Å². The van der Waals surface area contributed by atoms with Gasteiger partial charge in [0.25, 0.3) is 5.91 Å². The van der Waals surface area contributed by atoms with E-state index in [-0.39, 0.29) is 25.4 Å². The molecule has 2 rings (SSSR count). The van der Waals surface area contributed by atoms with Crippen molar-refractivity contribution in [3.63, 3.8) is 0 Å². The SMILES string of the molecule is O=C(CCC(=O)N1CCOCC1)NNC(=O)COc1ccccc1Cl. The number of carbonyl (C=O) groups excluding carboxylic acids is 3. The molecule has 136 valence electrons. The van der Waals surface area contributed by atoms with Crippen LogP contribution in [0.4, 0.5) is 0 Å². The molecule has 1 aromatic rings. The van der Waals surface area contributed by atoms with Crippen molar-refractivity contribution < 1.29 is 23.9 Å². The van der Waals surface area contributed by atoms with E-state index in [1.54, 1.807) is 29.2 Å². The Kier molecular flexibility index (Phi) is 7.49. The van der Waals surface area contributed by atoms with Gasteiger partial charge in [0.05, 0.1) is 18.2 Å². The van der Waals surface area contributed by atoms with Crippen molar-refractivity contribution in [2.45, 2.75) is 12.8 Å². The Bertz CT molecular complexity index is 620. The molecule has 8 nitrogen and oxygen atoms in total. The minimum atomic E-state index is -0.534. The highest BCUT2D eigenvalue weighted by Gasteiger charge is 2.17. The Balaban J connectivity index is 1.61. The first-order valence-corrected chi connectivity index (χ1v) is 8.24. The third-order valence-electron chi connectivity index (χ3n) is 3.47. The number of ether oxygens (including phenoxy) is 2. The molecule has 1 saturated heterocycles. The number of nitrogens with zero attached hydrogens (tertiary/aromatic N) is 1. The highest BCUT2D eigenvalue weighted by atomic mass is 35.5. The van der Waals surface area contributed by atoms with E-state index in [2.05, 4.69) is 10.9 Å². The molecule has 0 unspecified atom stereocenters. The first-order chi connectivity index (χ1) is 12.1. The molecule has 1 fully saturated rings. The minimum Gasteiger partial charge on any atom is -0.482 e. The van der Waals surface area contributed by atoms with Gasteiger partial charge in [-0.15, -0.1) is 0 Å². The van der Waals surface area contributed by atoms with Crippen LogP contribution >= 0.6 is 11.6 Å². The van der Waals surface area contributed by atoms with Gasteiger partial charge in [-0.05, 0) is 12.1 Å². The monoisotopic (exact) mass is 369 g/mol. The average Bonchev–Trinajstić information content (AvgIpc) is 2.64. The molecule has 0 bridgehead atoms. The summed E-state index contributed by atoms with van der Waals surface area (Å²) in [5.41, 5.74) is 4.47. The zero-order chi connectivity index (χ0) is 18.1. The number of morpholine rings is 1. The molecule has 1 aromatic carbocycles. The summed E-state index contributed by atoms with van der Waals surface area (Å²) in [6, 6.07) is 6.74. The van der Waals surface area contributed by atoms with E-state index in [4.69, 9.17) is 21.1 Å². The van der Waals surface area contributed by atoms with Gasteiger partial charge in [0.15, 0.2) is 6.61 Å². The van der Waals surface area contributed by atoms with Gasteiger partial charge in [0, 0.05) is 25.9 Å². The maximum Gasteiger partial charge on any atom is 0.276 e. The van der Waals surface area contributed by atoms with Crippen molar-refractivity contribution in [2.24, 2.45) is 0 Å². The maximum atomic E-state index is 11.9. The molecule has 1 aliphatic heterocycles. The number of carbonyl (C=O) groups is 3. The van der Waals surface area contributed by atoms with Crippen LogP contribution in [0.3, 0.4) is 0 Å². The van der Waals surface area contributed by atoms with Crippen molar-refractivity contribution in [3.8, 4) is 5.75 Å². The van der Waals surface area contributed by atoms with Crippen LogP contribution in [-0.2, 0) is 19.1 Å². The fourth-order valence-electron chi connectivity index (χ4n) is 2.13. The second-order valence-corrected chi connectivity index (χ2v) is 5.72. The second-order valence-electron chi connectivity index (χ2n) is 5.31. The first-order valence-electron chi connectivity index (χ1n) is 7.87. The summed E-state index contributed by atoms with van der Waals surface area (Å²) >= 11 is 5.90. The molecule has 0 radical (unpaired) electrons. The summed E-state index contributed by atoms with van der Waals surface area (Å²) in [7, 11) is 0. The van der Waals surface area contributed by atoms with E-state index in [9.17, 15) is 14.4 Å². The topological polar surface area (TPSA) is 97.0 Å². The number of hydrogen-bond acceptors (Lipinski definition) is 5. The average molecular weight is 370 g/mol. The number of amides is 3. The van der Waals surface area contributed by atoms with Crippen LogP contribution in [0.2, 0.25) is 5.02 Å². The minimum absolute atomic E-state index is 0.0121. The Morgan fingerprint density at radius 1 is 1.08 bits per heavy atom. The Labute approximate surface area is 150 Å². The first kappa shape index (κ1) is 19.0. The van der Waals surface area contributed by atoms with Crippen molar-refractivity contribution in [3.05, 3.63) is 29.3 Å². The molecule has 3 amide bonds. The Morgan fingerprint density at radius 3 is 2.48 bits per heavy atom. The Morgan fingerprint density at radius 2 is 1.76 bits per heavy atom. The van der Waals surface area contributed by atoms with Gasteiger partial charge in [-0.2, -0.15) is 0 Å². The van der Waals surface area contributed by atoms with Crippen LogP contribution in [-0.4, -0.2) is 55.5 Å². The fourth-order valence-corrected chi connectivity index (χ4v) is 2.32. The lowest BCUT2D eigenvalue weighted by Gasteiger charge is -2.26. The van der Waals surface area contributed by atoms with Crippen LogP contribution < -0.4 is 15.6 Å². The lowest BCUT2D eigenvalue weighted by Crippen LogP contribution is -2.44. The van der Waals surface area contributed by atoms with Crippen LogP contribution in [0.15, 0.2) is 24.3 Å². The van der Waals surface area contributed by atoms with Crippen molar-refractivity contribution >= 4 is 29.3 Å². The van der Waals surface area contributed by atoms with Gasteiger partial charge < -0.3 is 14.4 Å². The number of hydrazine groups is 1. The van der Waals surface area contributed by atoms with E-state index in [1.165, 1.54) is 0 Å². The summed E-state index contributed by atoms with van der Waals surface area (Å²) in [4.78, 5) is 36.9. The van der Waals surface area contributed by atoms with Gasteiger partial charge in [-0.1, -0.05) is 23.7 Å². The molecule has 0 saturated carbocycles. The van der Waals surface area contributed by atoms with E-state index < -0.39 is 11.8 Å². The van der Waals surface area contributed by atoms with Crippen molar-refractivity contribution in [2.75, 3.05) is 32.9 Å². The normalized spacial score (nSPS) is 13.9. The molecule has 1 heterocycles. The van der Waals surface area contributed by atoms with Gasteiger partial charge in [-0.3, -0.25) is 25.2 Å². The molecule has 1 aliphatic rings. The molecule has 0 aromatic heterocycles. The molecule has 25 heavy (non-hydrogen) atoms. The highest BCUT2D eigenvalue weighted by Crippen LogP contribution is 2.22. The summed E-state index contributed by atoms with van der Waals surface area (Å²) in [6.45, 7) is 1.81. The number of rotatable bonds is 6. The summed E-state index contributed by atoms with van der Waals surface area (Å²) in [5.74, 6) is -0.714. The fraction of sp³-hybridized carbons (Fsp3) is 0.438. The Hall–Kier alpha value is -2.32. The van der Waals surface area contributed by atoms with Crippen molar-refractivity contribution in [1.82, 2.24) is 15.8 Å². The molecule has 0 spiro atoms. The standard InChI is InChI=1S/C16H20ClN3O5/c17-12-3-1-2-4-13(12)25-11-15(22)19-18-14(21)5-6-16(23)20-7-9-24-10-8-20/h1-4H,5-11H2,(H,18,21)(H,19,22). The number of nitrogens with one attached hydrogen (secondary N) is 2. The molecule has 9 heteroatoms. The van der Waals surface area contributed by atoms with Gasteiger partial charge in [0.1, 0.15) is 5.75 Å². The third-order valence-corrected chi connectivity index (χ3v) is 3.78. The van der Waals surface area contributed by atoms with Gasteiger partial charge in [0.2, 0.25) is 11.8 Å². The van der Waals surface area contributed by atoms with E-state index >= 15 is 0 Å². The summed E-state index contributed by atoms with van der Waals surface area (Å²) in [6.07, 6.45) is 0.0691. The van der Waals surface area contributed by atoms with Crippen molar-refractivity contribution in [1.29, 1.82) is 0 Å². The second kappa shape index (κ2) is 9.85. The van der Waals surface area contributed by atoms with E-state index in [0.29, 0.717) is 37.1 Å². The zero-order valence-corrected chi connectivity index (χ0v) is 14.4. The quantitative estimate of drug-likeness (QED) is 0.712. The van der Waals surface area contributed by atoms with E-state index in [1.807, 2.05) is 0 Å². The summed E-state index contributed by atoms with van der Waals surface area (Å²) in [5, 5.41) is 0.390. The number of halogens is 1. The molecule has 0 aliphatic carbocycles. The van der Waals surface area contributed by atoms with Crippen LogP contribution in [0, 0.1) is 0 Å². The largest absolute Gasteiger partial charge is 0.482 e. The predicted octanol–water partition coefficient (Wildman–Crippen LogP) is 0.505. The van der Waals surface area contributed by atoms with E-state index in [0.717, 1.165) is 0 Å². The molecule has 0 atom stereocenters. The van der Waals surface area contributed by atoms with Gasteiger partial charge >= 0.3 is 0 Å². The molecular weight excluding hydrogens is 350 g/mol. The van der Waals surface area contributed by atoms with Crippen LogP contribution in [0.1, 0.15) is 12.8 Å².